The van der Waals surface area contributed by atoms with E-state index < -0.39 is 0 Å². The highest BCUT2D eigenvalue weighted by Gasteiger charge is 2.05. The largest absolute Gasteiger partial charge is 0.379 e. The molecule has 102 valence electrons. The molecule has 0 aliphatic carbocycles. The minimum Gasteiger partial charge on any atom is -0.379 e. The average Bonchev–Trinajstić information content (AvgIpc) is 2.77. The number of nitrogens with one attached hydrogen (secondary N) is 1. The maximum atomic E-state index is 4.37. The first-order valence-corrected chi connectivity index (χ1v) is 7.35. The van der Waals surface area contributed by atoms with Crippen LogP contribution < -0.4 is 5.32 Å². The van der Waals surface area contributed by atoms with Crippen LogP contribution in [-0.2, 0) is 13.6 Å². The van der Waals surface area contributed by atoms with Gasteiger partial charge in [0.05, 0.1) is 17.9 Å². The van der Waals surface area contributed by atoms with E-state index in [-0.39, 0.29) is 0 Å². The molecule has 0 radical (unpaired) electrons. The van der Waals surface area contributed by atoms with Gasteiger partial charge in [-0.15, -0.1) is 0 Å². The Kier molecular flexibility index (Phi) is 3.49. The average molecular weight is 330 g/mol. The van der Waals surface area contributed by atoms with Crippen LogP contribution in [0.4, 0.5) is 5.69 Å². The van der Waals surface area contributed by atoms with Crippen LogP contribution in [0.2, 0.25) is 0 Å². The fourth-order valence-corrected chi connectivity index (χ4v) is 2.91. The first-order valence-electron chi connectivity index (χ1n) is 6.56. The third kappa shape index (κ3) is 2.43. The highest BCUT2D eigenvalue weighted by atomic mass is 79.9. The Morgan fingerprint density at radius 1 is 1.15 bits per heavy atom. The van der Waals surface area contributed by atoms with Crippen molar-refractivity contribution in [3.05, 3.63) is 58.3 Å². The second-order valence-electron chi connectivity index (χ2n) is 4.89. The molecule has 4 heteroatoms. The van der Waals surface area contributed by atoms with E-state index in [9.17, 15) is 0 Å². The molecule has 3 nitrogen and oxygen atoms in total. The van der Waals surface area contributed by atoms with Crippen LogP contribution in [0.3, 0.4) is 0 Å². The lowest BCUT2D eigenvalue weighted by Gasteiger charge is -2.11. The molecule has 1 heterocycles. The number of halogens is 1. The van der Waals surface area contributed by atoms with Crippen LogP contribution in [0, 0.1) is 6.92 Å². The number of aromatic nitrogens is 2. The second kappa shape index (κ2) is 5.29. The molecule has 0 saturated carbocycles. The number of nitrogens with zero attached hydrogens (tertiary/aromatic N) is 2. The molecular weight excluding hydrogens is 314 g/mol. The third-order valence-electron chi connectivity index (χ3n) is 3.43. The van der Waals surface area contributed by atoms with Gasteiger partial charge in [0.15, 0.2) is 0 Å². The summed E-state index contributed by atoms with van der Waals surface area (Å²) in [4.78, 5) is 0. The van der Waals surface area contributed by atoms with Crippen molar-refractivity contribution in [1.82, 2.24) is 9.78 Å². The summed E-state index contributed by atoms with van der Waals surface area (Å²) < 4.78 is 3.04. The summed E-state index contributed by atoms with van der Waals surface area (Å²) in [5.74, 6) is 0. The zero-order valence-corrected chi connectivity index (χ0v) is 13.1. The Balaban J connectivity index is 1.92. The Morgan fingerprint density at radius 3 is 2.60 bits per heavy atom. The number of anilines is 1. The van der Waals surface area contributed by atoms with Crippen molar-refractivity contribution in [2.75, 3.05) is 5.32 Å². The van der Waals surface area contributed by atoms with E-state index in [1.165, 1.54) is 16.5 Å². The molecule has 0 amide bonds. The van der Waals surface area contributed by atoms with Crippen LogP contribution in [0.1, 0.15) is 11.4 Å². The van der Waals surface area contributed by atoms with Crippen molar-refractivity contribution in [2.24, 2.45) is 7.05 Å². The van der Waals surface area contributed by atoms with E-state index in [1.807, 2.05) is 18.7 Å². The molecule has 1 N–H and O–H groups in total. The lowest BCUT2D eigenvalue weighted by Crippen LogP contribution is -2.05. The summed E-state index contributed by atoms with van der Waals surface area (Å²) in [7, 11) is 1.98. The lowest BCUT2D eigenvalue weighted by molar-refractivity contribution is 0.713. The number of fused-ring (bicyclic) bond motifs is 1. The molecule has 0 fully saturated rings. The van der Waals surface area contributed by atoms with Gasteiger partial charge in [0.25, 0.3) is 0 Å². The van der Waals surface area contributed by atoms with Gasteiger partial charge in [-0.1, -0.05) is 40.2 Å². The number of benzene rings is 2. The van der Waals surface area contributed by atoms with Gasteiger partial charge < -0.3 is 5.32 Å². The maximum Gasteiger partial charge on any atom is 0.0597 e. The first kappa shape index (κ1) is 13.2. The first-order chi connectivity index (χ1) is 9.65. The van der Waals surface area contributed by atoms with Gasteiger partial charge in [0.1, 0.15) is 0 Å². The van der Waals surface area contributed by atoms with Gasteiger partial charge >= 0.3 is 0 Å². The van der Waals surface area contributed by atoms with Crippen LogP contribution in [0.5, 0.6) is 0 Å². The SMILES string of the molecule is Cc1cc(CNc2ccc(Br)c3ccccc23)n(C)n1. The van der Waals surface area contributed by atoms with Crippen molar-refractivity contribution < 1.29 is 0 Å². The lowest BCUT2D eigenvalue weighted by atomic mass is 10.1. The molecule has 1 aromatic heterocycles. The van der Waals surface area contributed by atoms with Crippen LogP contribution in [0.15, 0.2) is 46.9 Å². The Hall–Kier alpha value is -1.81. The van der Waals surface area contributed by atoms with E-state index in [0.29, 0.717) is 0 Å². The van der Waals surface area contributed by atoms with Crippen LogP contribution in [0.25, 0.3) is 10.8 Å². The highest BCUT2D eigenvalue weighted by molar-refractivity contribution is 9.10. The molecule has 0 spiro atoms. The molecular formula is C16H16BrN3. The predicted octanol–water partition coefficient (Wildman–Crippen LogP) is 4.26. The molecule has 3 aromatic rings. The molecule has 0 aliphatic rings. The van der Waals surface area contributed by atoms with Crippen LogP contribution in [-0.4, -0.2) is 9.78 Å². The number of aryl methyl sites for hydroxylation is 2. The van der Waals surface area contributed by atoms with Gasteiger partial charge in [0, 0.05) is 22.6 Å². The Labute approximate surface area is 126 Å². The van der Waals surface area contributed by atoms with Gasteiger partial charge in [-0.05, 0) is 30.5 Å². The van der Waals surface area contributed by atoms with E-state index in [1.54, 1.807) is 0 Å². The fourth-order valence-electron chi connectivity index (χ4n) is 2.43. The summed E-state index contributed by atoms with van der Waals surface area (Å²) in [6.45, 7) is 2.78. The summed E-state index contributed by atoms with van der Waals surface area (Å²) in [6, 6.07) is 14.7. The molecule has 2 aromatic carbocycles. The quantitative estimate of drug-likeness (QED) is 0.778. The molecule has 20 heavy (non-hydrogen) atoms. The molecule has 0 unspecified atom stereocenters. The Bertz CT molecular complexity index is 762. The van der Waals surface area contributed by atoms with E-state index >= 15 is 0 Å². The van der Waals surface area contributed by atoms with E-state index in [0.717, 1.165) is 22.4 Å². The van der Waals surface area contributed by atoms with E-state index in [2.05, 4.69) is 68.8 Å². The van der Waals surface area contributed by atoms with Crippen molar-refractivity contribution >= 4 is 32.4 Å². The number of hydrogen-bond acceptors (Lipinski definition) is 2. The summed E-state index contributed by atoms with van der Waals surface area (Å²) >= 11 is 3.60. The fraction of sp³-hybridized carbons (Fsp3) is 0.188. The van der Waals surface area contributed by atoms with Gasteiger partial charge in [-0.25, -0.2) is 0 Å². The van der Waals surface area contributed by atoms with Crippen molar-refractivity contribution in [2.45, 2.75) is 13.5 Å². The zero-order valence-electron chi connectivity index (χ0n) is 11.5. The van der Waals surface area contributed by atoms with Crippen molar-refractivity contribution in [3.63, 3.8) is 0 Å². The molecule has 3 rings (SSSR count). The maximum absolute atomic E-state index is 4.37. The number of hydrogen-bond donors (Lipinski definition) is 1. The second-order valence-corrected chi connectivity index (χ2v) is 5.75. The van der Waals surface area contributed by atoms with Crippen LogP contribution >= 0.6 is 15.9 Å². The molecule has 0 atom stereocenters. The summed E-state index contributed by atoms with van der Waals surface area (Å²) in [5, 5.41) is 10.3. The minimum atomic E-state index is 0.767. The summed E-state index contributed by atoms with van der Waals surface area (Å²) in [5.41, 5.74) is 3.36. The highest BCUT2D eigenvalue weighted by Crippen LogP contribution is 2.30. The topological polar surface area (TPSA) is 29.9 Å². The molecule has 0 aliphatic heterocycles. The number of rotatable bonds is 3. The minimum absolute atomic E-state index is 0.767. The van der Waals surface area contributed by atoms with Gasteiger partial charge in [-0.3, -0.25) is 4.68 Å². The van der Waals surface area contributed by atoms with Crippen molar-refractivity contribution in [1.29, 1.82) is 0 Å². The van der Waals surface area contributed by atoms with Gasteiger partial charge in [-0.2, -0.15) is 5.10 Å². The monoisotopic (exact) mass is 329 g/mol. The van der Waals surface area contributed by atoms with Gasteiger partial charge in [0.2, 0.25) is 0 Å². The predicted molar refractivity (Wildman–Crippen MR) is 86.9 cm³/mol. The molecule has 0 saturated heterocycles. The third-order valence-corrected chi connectivity index (χ3v) is 4.12. The standard InChI is InChI=1S/C16H16BrN3/c1-11-9-12(20(2)19-11)10-18-16-8-7-15(17)13-5-3-4-6-14(13)16/h3-9,18H,10H2,1-2H3. The molecule has 0 bridgehead atoms. The summed E-state index contributed by atoms with van der Waals surface area (Å²) in [6.07, 6.45) is 0. The van der Waals surface area contributed by atoms with Crippen molar-refractivity contribution in [3.8, 4) is 0 Å². The Morgan fingerprint density at radius 2 is 1.90 bits per heavy atom. The van der Waals surface area contributed by atoms with E-state index in [4.69, 9.17) is 0 Å². The zero-order chi connectivity index (χ0) is 14.1. The normalized spacial score (nSPS) is 10.9. The smallest absolute Gasteiger partial charge is 0.0597 e.